The molecule has 2 N–H and O–H groups in total. The highest BCUT2D eigenvalue weighted by Crippen LogP contribution is 2.34. The molecule has 0 bridgehead atoms. The number of nitrogens with one attached hydrogen (secondary N) is 2. The first kappa shape index (κ1) is 40.1. The highest BCUT2D eigenvalue weighted by atomic mass is 35.5. The molecule has 4 aliphatic heterocycles. The van der Waals surface area contributed by atoms with Crippen molar-refractivity contribution >= 4 is 52.6 Å². The second kappa shape index (κ2) is 16.9. The fraction of sp³-hybridized carbons (Fsp3) is 0.476. The van der Waals surface area contributed by atoms with Crippen LogP contribution in [-0.4, -0.2) is 114 Å². The molecule has 4 fully saturated rings. The smallest absolute Gasteiger partial charge is 0.272 e. The number of benzene rings is 2. The molecule has 1 unspecified atom stereocenters. The first-order chi connectivity index (χ1) is 28.5. The summed E-state index contributed by atoms with van der Waals surface area (Å²) in [6.07, 6.45) is 5.06. The van der Waals surface area contributed by atoms with Crippen LogP contribution >= 0.6 is 11.6 Å². The van der Waals surface area contributed by atoms with E-state index in [1.54, 1.807) is 18.2 Å². The summed E-state index contributed by atoms with van der Waals surface area (Å²) in [5.74, 6) is -1.50. The summed E-state index contributed by atoms with van der Waals surface area (Å²) in [6.45, 7) is 6.90. The van der Waals surface area contributed by atoms with Gasteiger partial charge in [0, 0.05) is 63.8 Å². The molecule has 308 valence electrons. The number of anilines is 2. The number of piperazine rings is 1. The average molecular weight is 826 g/mol. The van der Waals surface area contributed by atoms with E-state index >= 15 is 4.39 Å². The molecule has 2 aromatic carbocycles. The van der Waals surface area contributed by atoms with E-state index in [0.717, 1.165) is 80.5 Å². The topological polar surface area (TPSA) is 181 Å². The van der Waals surface area contributed by atoms with Crippen LogP contribution in [0.25, 0.3) is 0 Å². The van der Waals surface area contributed by atoms with Crippen LogP contribution in [0.15, 0.2) is 36.4 Å². The summed E-state index contributed by atoms with van der Waals surface area (Å²) >= 11 is 6.31. The van der Waals surface area contributed by atoms with E-state index in [2.05, 4.69) is 36.7 Å². The van der Waals surface area contributed by atoms with Gasteiger partial charge in [0.15, 0.2) is 11.5 Å². The highest BCUT2D eigenvalue weighted by Gasteiger charge is 2.45. The Labute approximate surface area is 345 Å². The van der Waals surface area contributed by atoms with Gasteiger partial charge >= 0.3 is 0 Å². The van der Waals surface area contributed by atoms with E-state index in [9.17, 15) is 29.2 Å². The van der Waals surface area contributed by atoms with Crippen LogP contribution in [0.2, 0.25) is 5.02 Å². The molecule has 3 saturated heterocycles. The summed E-state index contributed by atoms with van der Waals surface area (Å²) in [5.41, 5.74) is 1.70. The number of rotatable bonds is 9. The molecule has 1 saturated carbocycles. The summed E-state index contributed by atoms with van der Waals surface area (Å²) in [6, 6.07) is 10.5. The molecule has 15 nitrogen and oxygen atoms in total. The Balaban J connectivity index is 0.765. The Bertz CT molecular complexity index is 2210. The zero-order valence-electron chi connectivity index (χ0n) is 32.7. The molecule has 3 aromatic rings. The van der Waals surface area contributed by atoms with Crippen molar-refractivity contribution in [2.75, 3.05) is 55.6 Å². The number of carbonyl (C=O) groups excluding carboxylic acids is 5. The summed E-state index contributed by atoms with van der Waals surface area (Å²) in [7, 11) is 0. The second-order valence-corrected chi connectivity index (χ2v) is 16.4. The SMILES string of the molecule is Cc1c(O[C@H]2CC[C@H](NC(=O)c3ccc(N4CCC(CN5CCN(c6cc7c(cc6F)C(=O)N(C6CCC(=O)NC6=O)C7=O)CC5)CC4)nn3)CC2)ccc(C#N)c1Cl. The van der Waals surface area contributed by atoms with Crippen LogP contribution in [0.5, 0.6) is 5.75 Å². The molecule has 5 amide bonds. The maximum absolute atomic E-state index is 15.4. The van der Waals surface area contributed by atoms with Gasteiger partial charge in [0.2, 0.25) is 11.8 Å². The number of carbonyl (C=O) groups is 5. The quantitative estimate of drug-likeness (QED) is 0.297. The number of halogens is 2. The number of hydrogen-bond acceptors (Lipinski definition) is 12. The molecule has 17 heteroatoms. The van der Waals surface area contributed by atoms with Crippen molar-refractivity contribution < 1.29 is 33.1 Å². The second-order valence-electron chi connectivity index (χ2n) is 16.0. The molecule has 8 rings (SSSR count). The third kappa shape index (κ3) is 8.31. The fourth-order valence-electron chi connectivity index (χ4n) is 8.86. The number of ether oxygens (including phenoxy) is 1. The number of imide groups is 2. The van der Waals surface area contributed by atoms with Gasteiger partial charge in [0.1, 0.15) is 23.7 Å². The van der Waals surface area contributed by atoms with Crippen LogP contribution in [0.1, 0.15) is 93.7 Å². The first-order valence-electron chi connectivity index (χ1n) is 20.2. The third-order valence-corrected chi connectivity index (χ3v) is 12.8. The number of nitrogens with zero attached hydrogens (tertiary/aromatic N) is 7. The molecule has 1 aromatic heterocycles. The number of nitriles is 1. The van der Waals surface area contributed by atoms with Crippen molar-refractivity contribution in [2.24, 2.45) is 5.92 Å². The highest BCUT2D eigenvalue weighted by molar-refractivity contribution is 6.32. The molecular formula is C42H45ClFN9O6. The van der Waals surface area contributed by atoms with Crippen molar-refractivity contribution in [3.05, 3.63) is 75.2 Å². The van der Waals surface area contributed by atoms with E-state index in [0.29, 0.717) is 48.4 Å². The molecule has 5 heterocycles. The lowest BCUT2D eigenvalue weighted by Crippen LogP contribution is -2.54. The average Bonchev–Trinajstić information content (AvgIpc) is 3.48. The zero-order valence-corrected chi connectivity index (χ0v) is 33.5. The van der Waals surface area contributed by atoms with E-state index in [1.165, 1.54) is 6.07 Å². The van der Waals surface area contributed by atoms with Crippen LogP contribution in [-0.2, 0) is 9.59 Å². The van der Waals surface area contributed by atoms with Gasteiger partial charge in [-0.1, -0.05) is 11.6 Å². The van der Waals surface area contributed by atoms with Gasteiger partial charge in [0.05, 0.1) is 33.5 Å². The largest absolute Gasteiger partial charge is 0.490 e. The lowest BCUT2D eigenvalue weighted by molar-refractivity contribution is -0.136. The summed E-state index contributed by atoms with van der Waals surface area (Å²) in [4.78, 5) is 70.8. The van der Waals surface area contributed by atoms with Crippen molar-refractivity contribution in [1.29, 1.82) is 5.26 Å². The molecule has 1 aliphatic carbocycles. The van der Waals surface area contributed by atoms with Crippen molar-refractivity contribution in [1.82, 2.24) is 30.6 Å². The number of fused-ring (bicyclic) bond motifs is 1. The lowest BCUT2D eigenvalue weighted by Gasteiger charge is -2.39. The lowest BCUT2D eigenvalue weighted by atomic mass is 9.92. The van der Waals surface area contributed by atoms with Crippen molar-refractivity contribution in [2.45, 2.75) is 76.5 Å². The van der Waals surface area contributed by atoms with Crippen LogP contribution in [0.3, 0.4) is 0 Å². The van der Waals surface area contributed by atoms with E-state index in [1.807, 2.05) is 17.9 Å². The zero-order chi connectivity index (χ0) is 41.4. The van der Waals surface area contributed by atoms with E-state index in [4.69, 9.17) is 16.3 Å². The molecule has 0 radical (unpaired) electrons. The monoisotopic (exact) mass is 825 g/mol. The standard InChI is InChI=1S/C42H45ClFN9O6/c1-24-35(9-2-26(22-45)38(24)43)59-28-5-3-27(4-6-28)46-39(55)32-7-10-36(49-48-32)52-14-12-25(13-15-52)23-50-16-18-51(19-17-50)34-21-30-29(20-31(34)44)41(57)53(42(30)58)33-8-11-37(54)47-40(33)56/h2,7,9-10,20-21,25,27-28,33H,3-6,8,11-19,23H2,1H3,(H,46,55)(H,47,54,56)/t27-,28-,33?. The Hall–Kier alpha value is -5.66. The Morgan fingerprint density at radius 2 is 1.63 bits per heavy atom. The maximum Gasteiger partial charge on any atom is 0.272 e. The predicted molar refractivity (Wildman–Crippen MR) is 214 cm³/mol. The van der Waals surface area contributed by atoms with Crippen LogP contribution in [0, 0.1) is 30.0 Å². The Morgan fingerprint density at radius 1 is 0.915 bits per heavy atom. The third-order valence-electron chi connectivity index (χ3n) is 12.3. The normalized spacial score (nSPS) is 22.9. The molecular weight excluding hydrogens is 781 g/mol. The van der Waals surface area contributed by atoms with Gasteiger partial charge in [-0.3, -0.25) is 39.1 Å². The number of amides is 5. The van der Waals surface area contributed by atoms with E-state index in [-0.39, 0.29) is 53.4 Å². The van der Waals surface area contributed by atoms with E-state index < -0.39 is 35.5 Å². The Kier molecular flexibility index (Phi) is 11.5. The summed E-state index contributed by atoms with van der Waals surface area (Å²) < 4.78 is 21.6. The number of piperidine rings is 2. The van der Waals surface area contributed by atoms with Gasteiger partial charge in [-0.15, -0.1) is 10.2 Å². The van der Waals surface area contributed by atoms with Gasteiger partial charge in [-0.25, -0.2) is 4.39 Å². The first-order valence-corrected chi connectivity index (χ1v) is 20.6. The van der Waals surface area contributed by atoms with Crippen molar-refractivity contribution in [3.8, 4) is 11.8 Å². The van der Waals surface area contributed by atoms with Gasteiger partial charge < -0.3 is 19.9 Å². The molecule has 5 aliphatic rings. The van der Waals surface area contributed by atoms with Crippen molar-refractivity contribution in [3.63, 3.8) is 0 Å². The summed E-state index contributed by atoms with van der Waals surface area (Å²) in [5, 5.41) is 23.6. The Morgan fingerprint density at radius 3 is 2.29 bits per heavy atom. The van der Waals surface area contributed by atoms with Gasteiger partial charge in [-0.05, 0) is 94.2 Å². The predicted octanol–water partition coefficient (Wildman–Crippen LogP) is 4.01. The minimum Gasteiger partial charge on any atom is -0.490 e. The molecule has 59 heavy (non-hydrogen) atoms. The van der Waals surface area contributed by atoms with Gasteiger partial charge in [-0.2, -0.15) is 5.26 Å². The molecule has 1 atom stereocenters. The minimum absolute atomic E-state index is 0.000544. The van der Waals surface area contributed by atoms with Crippen LogP contribution in [0.4, 0.5) is 15.9 Å². The fourth-order valence-corrected chi connectivity index (χ4v) is 9.06. The van der Waals surface area contributed by atoms with Gasteiger partial charge in [0.25, 0.3) is 17.7 Å². The minimum atomic E-state index is -1.10. The number of hydrogen-bond donors (Lipinski definition) is 2. The molecule has 0 spiro atoms. The maximum atomic E-state index is 15.4. The van der Waals surface area contributed by atoms with Crippen LogP contribution < -0.4 is 25.2 Å². The number of aromatic nitrogens is 2.